The number of benzene rings is 1. The molecule has 1 aromatic rings. The lowest BCUT2D eigenvalue weighted by atomic mass is 10.0. The van der Waals surface area contributed by atoms with Crippen molar-refractivity contribution in [3.63, 3.8) is 0 Å². The van der Waals surface area contributed by atoms with E-state index in [0.29, 0.717) is 23.3 Å². The van der Waals surface area contributed by atoms with Crippen LogP contribution >= 0.6 is 0 Å². The fourth-order valence-electron chi connectivity index (χ4n) is 1.66. The highest BCUT2D eigenvalue weighted by Crippen LogP contribution is 2.35. The summed E-state index contributed by atoms with van der Waals surface area (Å²) in [5, 5.41) is 9.74. The molecule has 0 saturated carbocycles. The summed E-state index contributed by atoms with van der Waals surface area (Å²) in [6.45, 7) is 1.95. The van der Waals surface area contributed by atoms with E-state index in [-0.39, 0.29) is 28.8 Å². The van der Waals surface area contributed by atoms with Crippen molar-refractivity contribution in [2.75, 3.05) is 0 Å². The summed E-state index contributed by atoms with van der Waals surface area (Å²) in [6, 6.07) is 7.12. The maximum absolute atomic E-state index is 11.5. The van der Waals surface area contributed by atoms with Gasteiger partial charge in [0.15, 0.2) is 0 Å². The summed E-state index contributed by atoms with van der Waals surface area (Å²) in [6.07, 6.45) is 1.30. The van der Waals surface area contributed by atoms with Crippen molar-refractivity contribution < 1.29 is 14.6 Å². The van der Waals surface area contributed by atoms with E-state index < -0.39 is 5.97 Å². The molecule has 4 heteroatoms. The van der Waals surface area contributed by atoms with Gasteiger partial charge in [0.2, 0.25) is 0 Å². The van der Waals surface area contributed by atoms with Gasteiger partial charge >= 0.3 is 5.97 Å². The number of para-hydroxylation sites is 1. The number of carbonyl (C=O) groups excluding carboxylic acids is 1. The van der Waals surface area contributed by atoms with Crippen molar-refractivity contribution in [3.8, 4) is 5.75 Å². The highest BCUT2D eigenvalue weighted by Gasteiger charge is 2.29. The molecule has 0 atom stereocenters. The van der Waals surface area contributed by atoms with Gasteiger partial charge < -0.3 is 9.84 Å². The Bertz CT molecular complexity index is 438. The van der Waals surface area contributed by atoms with Crippen molar-refractivity contribution in [1.82, 2.24) is 0 Å². The molecule has 2 rings (SSSR count). The maximum Gasteiger partial charge on any atom is 0.347 e. The number of ether oxygens (including phenoxy) is 1. The van der Waals surface area contributed by atoms with E-state index in [9.17, 15) is 9.90 Å². The molecule has 1 aromatic carbocycles. The molecule has 0 fully saturated rings. The molecule has 2 radical (unpaired) electrons. The molecule has 1 aliphatic rings. The smallest absolute Gasteiger partial charge is 0.347 e. The van der Waals surface area contributed by atoms with Gasteiger partial charge in [-0.25, -0.2) is 4.79 Å². The molecule has 0 saturated heterocycles. The molecule has 80 valence electrons. The summed E-state index contributed by atoms with van der Waals surface area (Å²) in [7, 11) is 0. The Hall–Kier alpha value is -1.00. The van der Waals surface area contributed by atoms with Gasteiger partial charge in [-0.3, -0.25) is 0 Å². The number of aliphatic hydroxyl groups excluding tert-OH is 1. The molecule has 1 aliphatic heterocycles. The number of rotatable bonds is 2. The lowest BCUT2D eigenvalue weighted by Crippen LogP contribution is -2.03. The second-order valence-electron chi connectivity index (χ2n) is 3.46. The first-order chi connectivity index (χ1) is 7.24. The van der Waals surface area contributed by atoms with E-state index in [4.69, 9.17) is 4.74 Å². The monoisotopic (exact) mass is 228 g/mol. The summed E-state index contributed by atoms with van der Waals surface area (Å²) in [5.74, 6) is 0.190. The summed E-state index contributed by atoms with van der Waals surface area (Å²) < 4.78 is 5.03. The fraction of sp³-hybridized carbons (Fsp3) is 0.250. The van der Waals surface area contributed by atoms with Crippen LogP contribution in [0.5, 0.6) is 5.75 Å². The van der Waals surface area contributed by atoms with Crippen LogP contribution in [-0.2, 0) is 4.79 Å². The predicted molar refractivity (Wildman–Crippen MR) is 62.3 cm³/mol. The third-order valence-electron chi connectivity index (χ3n) is 2.34. The molecule has 3 nitrogen and oxygen atoms in total. The Kier molecular flexibility index (Phi) is 4.38. The van der Waals surface area contributed by atoms with Crippen LogP contribution in [0.1, 0.15) is 25.3 Å². The molecule has 16 heavy (non-hydrogen) atoms. The Labute approximate surface area is 110 Å². The van der Waals surface area contributed by atoms with Crippen molar-refractivity contribution in [2.45, 2.75) is 19.8 Å². The van der Waals surface area contributed by atoms with Gasteiger partial charge in [0.1, 0.15) is 17.1 Å². The first-order valence-corrected chi connectivity index (χ1v) is 4.97. The van der Waals surface area contributed by atoms with Crippen LogP contribution in [0.4, 0.5) is 0 Å². The molecule has 0 bridgehead atoms. The number of hydrogen-bond acceptors (Lipinski definition) is 3. The van der Waals surface area contributed by atoms with Crippen molar-refractivity contribution in [2.24, 2.45) is 0 Å². The zero-order valence-corrected chi connectivity index (χ0v) is 10.6. The molecule has 1 heterocycles. The number of allylic oxidation sites excluding steroid dienone is 1. The molecule has 1 N–H and O–H groups in total. The minimum absolute atomic E-state index is 0. The molecular weight excluding hydrogens is 216 g/mol. The first-order valence-electron chi connectivity index (χ1n) is 4.97. The van der Waals surface area contributed by atoms with Crippen LogP contribution in [0.2, 0.25) is 0 Å². The van der Waals surface area contributed by atoms with Gasteiger partial charge in [-0.1, -0.05) is 25.1 Å². The lowest BCUT2D eigenvalue weighted by molar-refractivity contribution is -0.127. The quantitative estimate of drug-likeness (QED) is 0.278. The summed E-state index contributed by atoms with van der Waals surface area (Å²) in [5.41, 5.74) is 1.00. The zero-order chi connectivity index (χ0) is 10.8. The highest BCUT2D eigenvalue weighted by atomic mass is 24.3. The standard InChI is InChI=1S/C12H12O3.Mg/c1-2-5-9(13)11-8-6-3-4-7-10(8)15-12(11)14;/h3-4,6-7,13H,2,5H2,1H3;/b11-9-;. The van der Waals surface area contributed by atoms with Gasteiger partial charge in [-0.2, -0.15) is 0 Å². The van der Waals surface area contributed by atoms with Gasteiger partial charge in [0.25, 0.3) is 0 Å². The van der Waals surface area contributed by atoms with Crippen LogP contribution in [0.3, 0.4) is 0 Å². The Balaban J connectivity index is 0.00000128. The topological polar surface area (TPSA) is 46.5 Å². The number of hydrogen-bond donors (Lipinski definition) is 1. The average Bonchev–Trinajstić information content (AvgIpc) is 2.54. The summed E-state index contributed by atoms with van der Waals surface area (Å²) in [4.78, 5) is 11.5. The fourth-order valence-corrected chi connectivity index (χ4v) is 1.66. The van der Waals surface area contributed by atoms with E-state index in [1.54, 1.807) is 18.2 Å². The minimum atomic E-state index is -0.456. The Morgan fingerprint density at radius 3 is 2.75 bits per heavy atom. The number of esters is 1. The largest absolute Gasteiger partial charge is 0.511 e. The van der Waals surface area contributed by atoms with Crippen LogP contribution < -0.4 is 4.74 Å². The third kappa shape index (κ3) is 2.22. The van der Waals surface area contributed by atoms with Crippen LogP contribution in [-0.4, -0.2) is 34.1 Å². The molecule has 0 aliphatic carbocycles. The minimum Gasteiger partial charge on any atom is -0.511 e. The second-order valence-corrected chi connectivity index (χ2v) is 3.46. The van der Waals surface area contributed by atoms with E-state index in [0.717, 1.165) is 6.42 Å². The second kappa shape index (κ2) is 5.36. The molecular formula is C12H12MgO3. The van der Waals surface area contributed by atoms with Gasteiger partial charge in [0, 0.05) is 35.0 Å². The van der Waals surface area contributed by atoms with E-state index in [1.165, 1.54) is 0 Å². The molecule has 0 spiro atoms. The number of fused-ring (bicyclic) bond motifs is 1. The number of aliphatic hydroxyl groups is 1. The van der Waals surface area contributed by atoms with Crippen molar-refractivity contribution in [1.29, 1.82) is 0 Å². The van der Waals surface area contributed by atoms with Gasteiger partial charge in [0.05, 0.1) is 0 Å². The highest BCUT2D eigenvalue weighted by molar-refractivity contribution is 6.21. The Morgan fingerprint density at radius 2 is 2.06 bits per heavy atom. The van der Waals surface area contributed by atoms with E-state index in [1.807, 2.05) is 13.0 Å². The van der Waals surface area contributed by atoms with Crippen molar-refractivity contribution in [3.05, 3.63) is 35.6 Å². The van der Waals surface area contributed by atoms with Gasteiger partial charge in [-0.05, 0) is 12.5 Å². The SMILES string of the molecule is CCC/C(O)=C1/C(=O)Oc2ccccc21.[Mg]. The predicted octanol–water partition coefficient (Wildman–Crippen LogP) is 2.29. The first kappa shape index (κ1) is 13.1. The molecule has 0 aromatic heterocycles. The van der Waals surface area contributed by atoms with Crippen LogP contribution in [0.15, 0.2) is 30.0 Å². The van der Waals surface area contributed by atoms with Crippen molar-refractivity contribution >= 4 is 34.6 Å². The zero-order valence-electron chi connectivity index (χ0n) is 9.19. The maximum atomic E-state index is 11.5. The lowest BCUT2D eigenvalue weighted by Gasteiger charge is -2.00. The van der Waals surface area contributed by atoms with E-state index in [2.05, 4.69) is 0 Å². The summed E-state index contributed by atoms with van der Waals surface area (Å²) >= 11 is 0. The Morgan fingerprint density at radius 1 is 1.38 bits per heavy atom. The number of carbonyl (C=O) groups is 1. The van der Waals surface area contributed by atoms with Crippen LogP contribution in [0, 0.1) is 0 Å². The average molecular weight is 229 g/mol. The molecule has 0 unspecified atom stereocenters. The van der Waals surface area contributed by atoms with Gasteiger partial charge in [-0.15, -0.1) is 0 Å². The van der Waals surface area contributed by atoms with Crippen LogP contribution in [0.25, 0.3) is 5.57 Å². The van der Waals surface area contributed by atoms with E-state index >= 15 is 0 Å². The third-order valence-corrected chi connectivity index (χ3v) is 2.34. The molecule has 0 amide bonds. The normalized spacial score (nSPS) is 16.2.